The highest BCUT2D eigenvalue weighted by atomic mass is 16.5. The summed E-state index contributed by atoms with van der Waals surface area (Å²) in [5.74, 6) is 0.901. The van der Waals surface area contributed by atoms with Gasteiger partial charge in [0.2, 0.25) is 0 Å². The summed E-state index contributed by atoms with van der Waals surface area (Å²) in [6.07, 6.45) is 1.06. The number of nitriles is 1. The van der Waals surface area contributed by atoms with E-state index in [1.165, 1.54) is 7.11 Å². The Kier molecular flexibility index (Phi) is 7.00. The minimum absolute atomic E-state index is 0.163. The molecule has 1 aliphatic heterocycles. The van der Waals surface area contributed by atoms with Gasteiger partial charge in [-0.2, -0.15) is 5.26 Å². The number of carbonyl (C=O) groups is 1. The van der Waals surface area contributed by atoms with E-state index in [9.17, 15) is 15.2 Å². The molecule has 3 rings (SSSR count). The van der Waals surface area contributed by atoms with Gasteiger partial charge in [0.15, 0.2) is 0 Å². The van der Waals surface area contributed by atoms with Crippen molar-refractivity contribution < 1.29 is 19.4 Å². The number of esters is 1. The lowest BCUT2D eigenvalue weighted by Crippen LogP contribution is -2.49. The van der Waals surface area contributed by atoms with Crippen molar-refractivity contribution in [1.29, 1.82) is 5.26 Å². The maximum atomic E-state index is 11.4. The van der Waals surface area contributed by atoms with Crippen molar-refractivity contribution in [3.63, 3.8) is 0 Å². The summed E-state index contributed by atoms with van der Waals surface area (Å²) in [5, 5.41) is 19.5. The molecule has 0 bridgehead atoms. The number of hydrogen-bond donors (Lipinski definition) is 1. The van der Waals surface area contributed by atoms with Crippen molar-refractivity contribution in [2.75, 3.05) is 51.3 Å². The molecule has 1 fully saturated rings. The number of methoxy groups -OCH3 is 1. The van der Waals surface area contributed by atoms with E-state index >= 15 is 0 Å². The van der Waals surface area contributed by atoms with Gasteiger partial charge in [0.25, 0.3) is 0 Å². The van der Waals surface area contributed by atoms with E-state index in [1.807, 2.05) is 0 Å². The number of β-amino-alcohol motifs (C(OH)–C–C–N with tert-alkyl or cyclic N) is 1. The number of anilines is 1. The van der Waals surface area contributed by atoms with Crippen molar-refractivity contribution in [1.82, 2.24) is 9.88 Å². The number of aliphatic hydroxyl groups excluding tert-OH is 1. The van der Waals surface area contributed by atoms with Gasteiger partial charge in [-0.25, -0.2) is 9.78 Å². The number of rotatable bonds is 7. The van der Waals surface area contributed by atoms with Crippen LogP contribution in [0.2, 0.25) is 0 Å². The zero-order chi connectivity index (χ0) is 20.6. The van der Waals surface area contributed by atoms with E-state index in [0.717, 1.165) is 26.2 Å². The van der Waals surface area contributed by atoms with Gasteiger partial charge in [0.1, 0.15) is 30.3 Å². The standard InChI is InChI=1S/C21H24N4O4/c1-28-21(27)16-4-6-19(7-5-16)29-15-18(26)14-24-9-11-25(12-10-24)20-17(13-22)3-2-8-23-20/h2-8,18,26H,9-12,14-15H2,1H3. The monoisotopic (exact) mass is 396 g/mol. The summed E-state index contributed by atoms with van der Waals surface area (Å²) in [7, 11) is 1.34. The Labute approximate surface area is 169 Å². The van der Waals surface area contributed by atoms with Crippen LogP contribution in [0.15, 0.2) is 42.6 Å². The first-order valence-corrected chi connectivity index (χ1v) is 9.42. The SMILES string of the molecule is COC(=O)c1ccc(OCC(O)CN2CCN(c3ncccc3C#N)CC2)cc1. The lowest BCUT2D eigenvalue weighted by Gasteiger charge is -2.36. The number of aromatic nitrogens is 1. The molecule has 1 saturated heterocycles. The molecule has 1 aromatic heterocycles. The van der Waals surface area contributed by atoms with Gasteiger partial charge in [0, 0.05) is 38.9 Å². The number of ether oxygens (including phenoxy) is 2. The van der Waals surface area contributed by atoms with Crippen LogP contribution in [-0.4, -0.2) is 73.5 Å². The van der Waals surface area contributed by atoms with Gasteiger partial charge in [-0.1, -0.05) is 0 Å². The van der Waals surface area contributed by atoms with E-state index < -0.39 is 12.1 Å². The van der Waals surface area contributed by atoms with Crippen LogP contribution in [0, 0.1) is 11.3 Å². The lowest BCUT2D eigenvalue weighted by atomic mass is 10.2. The average Bonchev–Trinajstić information content (AvgIpc) is 2.78. The van der Waals surface area contributed by atoms with Crippen LogP contribution in [0.1, 0.15) is 15.9 Å². The minimum atomic E-state index is -0.633. The van der Waals surface area contributed by atoms with E-state index in [-0.39, 0.29) is 6.61 Å². The fourth-order valence-electron chi connectivity index (χ4n) is 3.23. The Hall–Kier alpha value is -3.15. The summed E-state index contributed by atoms with van der Waals surface area (Å²) in [6, 6.07) is 12.3. The third-order valence-corrected chi connectivity index (χ3v) is 4.77. The maximum absolute atomic E-state index is 11.4. The summed E-state index contributed by atoms with van der Waals surface area (Å²) in [5.41, 5.74) is 1.03. The van der Waals surface area contributed by atoms with Gasteiger partial charge in [-0.3, -0.25) is 4.90 Å². The Bertz CT molecular complexity index is 858. The molecule has 8 heteroatoms. The Morgan fingerprint density at radius 1 is 1.24 bits per heavy atom. The van der Waals surface area contributed by atoms with Crippen molar-refractivity contribution in [3.05, 3.63) is 53.7 Å². The lowest BCUT2D eigenvalue weighted by molar-refractivity contribution is 0.0599. The second-order valence-electron chi connectivity index (χ2n) is 6.75. The fraction of sp³-hybridized carbons (Fsp3) is 0.381. The molecule has 152 valence electrons. The topological polar surface area (TPSA) is 98.9 Å². The molecule has 29 heavy (non-hydrogen) atoms. The van der Waals surface area contributed by atoms with Crippen molar-refractivity contribution in [2.24, 2.45) is 0 Å². The molecule has 2 aromatic rings. The van der Waals surface area contributed by atoms with Crippen LogP contribution in [0.3, 0.4) is 0 Å². The van der Waals surface area contributed by atoms with E-state index in [0.29, 0.717) is 29.2 Å². The normalized spacial score (nSPS) is 15.4. The molecule has 1 atom stereocenters. The largest absolute Gasteiger partial charge is 0.491 e. The summed E-state index contributed by atoms with van der Waals surface area (Å²) < 4.78 is 10.3. The molecule has 1 N–H and O–H groups in total. The Morgan fingerprint density at radius 3 is 2.62 bits per heavy atom. The highest BCUT2D eigenvalue weighted by Crippen LogP contribution is 2.18. The summed E-state index contributed by atoms with van der Waals surface area (Å²) in [4.78, 5) is 20.0. The molecule has 0 aliphatic carbocycles. The molecule has 1 aliphatic rings. The minimum Gasteiger partial charge on any atom is -0.491 e. The maximum Gasteiger partial charge on any atom is 0.337 e. The number of nitrogens with zero attached hydrogens (tertiary/aromatic N) is 4. The van der Waals surface area contributed by atoms with Gasteiger partial charge in [-0.15, -0.1) is 0 Å². The van der Waals surface area contributed by atoms with E-state index in [1.54, 1.807) is 42.6 Å². The van der Waals surface area contributed by atoms with Crippen LogP contribution < -0.4 is 9.64 Å². The second kappa shape index (κ2) is 9.87. The Morgan fingerprint density at radius 2 is 1.97 bits per heavy atom. The number of pyridine rings is 1. The van der Waals surface area contributed by atoms with Gasteiger partial charge in [0.05, 0.1) is 18.2 Å². The first kappa shape index (κ1) is 20.6. The van der Waals surface area contributed by atoms with E-state index in [4.69, 9.17) is 4.74 Å². The molecule has 1 unspecified atom stereocenters. The molecular formula is C21H24N4O4. The van der Waals surface area contributed by atoms with E-state index in [2.05, 4.69) is 25.6 Å². The Balaban J connectivity index is 1.43. The quantitative estimate of drug-likeness (QED) is 0.700. The van der Waals surface area contributed by atoms with Crippen LogP contribution in [0.25, 0.3) is 0 Å². The molecule has 2 heterocycles. The summed E-state index contributed by atoms with van der Waals surface area (Å²) >= 11 is 0. The number of piperazine rings is 1. The van der Waals surface area contributed by atoms with Crippen molar-refractivity contribution >= 4 is 11.8 Å². The van der Waals surface area contributed by atoms with Crippen molar-refractivity contribution in [3.8, 4) is 11.8 Å². The van der Waals surface area contributed by atoms with Crippen LogP contribution in [0.5, 0.6) is 5.75 Å². The number of aliphatic hydroxyl groups is 1. The zero-order valence-corrected chi connectivity index (χ0v) is 16.3. The zero-order valence-electron chi connectivity index (χ0n) is 16.3. The number of carbonyl (C=O) groups excluding carboxylic acids is 1. The third kappa shape index (κ3) is 5.44. The molecule has 1 aromatic carbocycles. The fourth-order valence-corrected chi connectivity index (χ4v) is 3.23. The first-order valence-electron chi connectivity index (χ1n) is 9.42. The highest BCUT2D eigenvalue weighted by Gasteiger charge is 2.22. The number of hydrogen-bond acceptors (Lipinski definition) is 8. The van der Waals surface area contributed by atoms with Crippen molar-refractivity contribution in [2.45, 2.75) is 6.10 Å². The summed E-state index contributed by atoms with van der Waals surface area (Å²) in [6.45, 7) is 3.69. The van der Waals surface area contributed by atoms with Crippen LogP contribution in [-0.2, 0) is 4.74 Å². The predicted octanol–water partition coefficient (Wildman–Crippen LogP) is 1.30. The molecule has 8 nitrogen and oxygen atoms in total. The third-order valence-electron chi connectivity index (χ3n) is 4.77. The predicted molar refractivity (Wildman–Crippen MR) is 107 cm³/mol. The van der Waals surface area contributed by atoms with Crippen LogP contribution in [0.4, 0.5) is 5.82 Å². The van der Waals surface area contributed by atoms with Gasteiger partial charge in [-0.05, 0) is 36.4 Å². The second-order valence-corrected chi connectivity index (χ2v) is 6.75. The molecule has 0 saturated carbocycles. The molecular weight excluding hydrogens is 372 g/mol. The molecule has 0 spiro atoms. The van der Waals surface area contributed by atoms with Crippen LogP contribution >= 0.6 is 0 Å². The highest BCUT2D eigenvalue weighted by molar-refractivity contribution is 5.89. The van der Waals surface area contributed by atoms with Gasteiger partial charge >= 0.3 is 5.97 Å². The average molecular weight is 396 g/mol. The molecule has 0 amide bonds. The van der Waals surface area contributed by atoms with Gasteiger partial charge < -0.3 is 19.5 Å². The molecule has 0 radical (unpaired) electrons. The smallest absolute Gasteiger partial charge is 0.337 e. The first-order chi connectivity index (χ1) is 14.1. The number of benzene rings is 1.